The van der Waals surface area contributed by atoms with Crippen molar-refractivity contribution in [2.24, 2.45) is 5.92 Å². The van der Waals surface area contributed by atoms with Gasteiger partial charge in [-0.15, -0.1) is 0 Å². The Morgan fingerprint density at radius 3 is 2.47 bits per heavy atom. The average molecular weight is 263 g/mol. The van der Waals surface area contributed by atoms with Gasteiger partial charge < -0.3 is 5.11 Å². The lowest BCUT2D eigenvalue weighted by Crippen LogP contribution is -2.36. The Labute approximate surface area is 113 Å². The second-order valence-electron chi connectivity index (χ2n) is 5.15. The van der Waals surface area contributed by atoms with Gasteiger partial charge in [-0.1, -0.05) is 30.3 Å². The van der Waals surface area contributed by atoms with Gasteiger partial charge in [-0.2, -0.15) is 5.06 Å². The van der Waals surface area contributed by atoms with Gasteiger partial charge in [0.1, 0.15) is 0 Å². The SMILES string of the molecule is CN(OCc1ccccc1)[C@H]1CC[C@H](C(=O)O)CC1. The fraction of sp³-hybridized carbons (Fsp3) is 0.533. The van der Waals surface area contributed by atoms with Gasteiger partial charge in [-0.25, -0.2) is 0 Å². The average Bonchev–Trinajstić information content (AvgIpc) is 2.46. The van der Waals surface area contributed by atoms with Crippen molar-refractivity contribution in [3.05, 3.63) is 35.9 Å². The number of rotatable bonds is 5. The predicted octanol–water partition coefficient (Wildman–Crippen LogP) is 2.69. The lowest BCUT2D eigenvalue weighted by molar-refractivity contribution is -0.186. The van der Waals surface area contributed by atoms with E-state index in [9.17, 15) is 4.79 Å². The second-order valence-corrected chi connectivity index (χ2v) is 5.15. The van der Waals surface area contributed by atoms with Crippen molar-refractivity contribution in [3.8, 4) is 0 Å². The van der Waals surface area contributed by atoms with Gasteiger partial charge in [0.25, 0.3) is 0 Å². The maximum atomic E-state index is 10.9. The van der Waals surface area contributed by atoms with Crippen molar-refractivity contribution in [2.45, 2.75) is 38.3 Å². The Bertz CT molecular complexity index is 399. The number of hydroxylamine groups is 2. The van der Waals surface area contributed by atoms with Gasteiger partial charge in [0.2, 0.25) is 0 Å². The molecule has 4 heteroatoms. The molecule has 2 rings (SSSR count). The topological polar surface area (TPSA) is 49.8 Å². The summed E-state index contributed by atoms with van der Waals surface area (Å²) in [4.78, 5) is 16.6. The van der Waals surface area contributed by atoms with Crippen molar-refractivity contribution in [2.75, 3.05) is 7.05 Å². The summed E-state index contributed by atoms with van der Waals surface area (Å²) in [6.07, 6.45) is 3.28. The first-order valence-corrected chi connectivity index (χ1v) is 6.79. The molecule has 0 amide bonds. The molecule has 0 spiro atoms. The number of hydrogen-bond acceptors (Lipinski definition) is 3. The maximum absolute atomic E-state index is 10.9. The molecule has 0 unspecified atom stereocenters. The van der Waals surface area contributed by atoms with E-state index in [1.807, 2.05) is 42.4 Å². The Morgan fingerprint density at radius 1 is 1.26 bits per heavy atom. The molecule has 19 heavy (non-hydrogen) atoms. The third-order valence-electron chi connectivity index (χ3n) is 3.84. The van der Waals surface area contributed by atoms with Crippen molar-refractivity contribution in [1.29, 1.82) is 0 Å². The molecule has 1 fully saturated rings. The molecule has 0 aromatic heterocycles. The van der Waals surface area contributed by atoms with E-state index in [4.69, 9.17) is 9.94 Å². The van der Waals surface area contributed by atoms with Crippen LogP contribution in [0.4, 0.5) is 0 Å². The van der Waals surface area contributed by atoms with Gasteiger partial charge in [0.15, 0.2) is 0 Å². The van der Waals surface area contributed by atoms with Crippen LogP contribution in [0.15, 0.2) is 30.3 Å². The Hall–Kier alpha value is -1.39. The van der Waals surface area contributed by atoms with Gasteiger partial charge in [-0.05, 0) is 31.2 Å². The highest BCUT2D eigenvalue weighted by Crippen LogP contribution is 2.27. The van der Waals surface area contributed by atoms with Gasteiger partial charge in [-0.3, -0.25) is 9.63 Å². The minimum atomic E-state index is -0.661. The van der Waals surface area contributed by atoms with E-state index >= 15 is 0 Å². The van der Waals surface area contributed by atoms with E-state index in [0.717, 1.165) is 31.2 Å². The zero-order chi connectivity index (χ0) is 13.7. The molecule has 0 bridgehead atoms. The summed E-state index contributed by atoms with van der Waals surface area (Å²) in [6, 6.07) is 10.4. The first kappa shape index (κ1) is 14.0. The third kappa shape index (κ3) is 4.04. The molecule has 0 heterocycles. The highest BCUT2D eigenvalue weighted by molar-refractivity contribution is 5.70. The molecule has 0 radical (unpaired) electrons. The first-order chi connectivity index (χ1) is 9.16. The van der Waals surface area contributed by atoms with E-state index in [0.29, 0.717) is 12.6 Å². The van der Waals surface area contributed by atoms with E-state index in [2.05, 4.69) is 0 Å². The highest BCUT2D eigenvalue weighted by atomic mass is 16.7. The number of aliphatic carboxylic acids is 1. The quantitative estimate of drug-likeness (QED) is 0.830. The molecule has 104 valence electrons. The molecular weight excluding hydrogens is 242 g/mol. The van der Waals surface area contributed by atoms with Crippen LogP contribution in [0.5, 0.6) is 0 Å². The molecule has 1 aliphatic carbocycles. The van der Waals surface area contributed by atoms with Crippen molar-refractivity contribution in [3.63, 3.8) is 0 Å². The van der Waals surface area contributed by atoms with Crippen LogP contribution in [-0.2, 0) is 16.2 Å². The molecule has 1 N–H and O–H groups in total. The molecule has 0 aliphatic heterocycles. The number of nitrogens with zero attached hydrogens (tertiary/aromatic N) is 1. The monoisotopic (exact) mass is 263 g/mol. The first-order valence-electron chi connectivity index (χ1n) is 6.79. The molecule has 1 aromatic rings. The summed E-state index contributed by atoms with van der Waals surface area (Å²) in [5, 5.41) is 10.9. The summed E-state index contributed by atoms with van der Waals surface area (Å²) in [6.45, 7) is 0.566. The van der Waals surface area contributed by atoms with Crippen LogP contribution in [0.25, 0.3) is 0 Å². The van der Waals surface area contributed by atoms with E-state index in [1.165, 1.54) is 0 Å². The molecule has 0 saturated heterocycles. The Balaban J connectivity index is 1.75. The fourth-order valence-electron chi connectivity index (χ4n) is 2.54. The van der Waals surface area contributed by atoms with Crippen LogP contribution >= 0.6 is 0 Å². The molecule has 1 aromatic carbocycles. The number of benzene rings is 1. The van der Waals surface area contributed by atoms with Crippen LogP contribution in [0.3, 0.4) is 0 Å². The zero-order valence-electron chi connectivity index (χ0n) is 11.3. The summed E-state index contributed by atoms with van der Waals surface area (Å²) in [5.74, 6) is -0.829. The Kier molecular flexibility index (Phi) is 4.93. The minimum Gasteiger partial charge on any atom is -0.481 e. The number of carboxylic acid groups (broad SMARTS) is 1. The van der Waals surface area contributed by atoms with Crippen LogP contribution in [0.1, 0.15) is 31.2 Å². The van der Waals surface area contributed by atoms with Crippen LogP contribution in [0, 0.1) is 5.92 Å². The minimum absolute atomic E-state index is 0.168. The van der Waals surface area contributed by atoms with E-state index in [1.54, 1.807) is 0 Å². The van der Waals surface area contributed by atoms with E-state index < -0.39 is 5.97 Å². The molecule has 1 aliphatic rings. The Morgan fingerprint density at radius 2 is 1.89 bits per heavy atom. The van der Waals surface area contributed by atoms with Gasteiger partial charge in [0, 0.05) is 13.1 Å². The zero-order valence-corrected chi connectivity index (χ0v) is 11.3. The van der Waals surface area contributed by atoms with Crippen molar-refractivity contribution in [1.82, 2.24) is 5.06 Å². The molecule has 1 saturated carbocycles. The summed E-state index contributed by atoms with van der Waals surface area (Å²) in [7, 11) is 1.94. The van der Waals surface area contributed by atoms with E-state index in [-0.39, 0.29) is 5.92 Å². The maximum Gasteiger partial charge on any atom is 0.306 e. The predicted molar refractivity (Wildman–Crippen MR) is 72.4 cm³/mol. The number of carboxylic acids is 1. The third-order valence-corrected chi connectivity index (χ3v) is 3.84. The van der Waals surface area contributed by atoms with Crippen LogP contribution in [0.2, 0.25) is 0 Å². The number of hydrogen-bond donors (Lipinski definition) is 1. The highest BCUT2D eigenvalue weighted by Gasteiger charge is 2.28. The smallest absolute Gasteiger partial charge is 0.306 e. The summed E-state index contributed by atoms with van der Waals surface area (Å²) in [5.41, 5.74) is 1.15. The van der Waals surface area contributed by atoms with Crippen LogP contribution < -0.4 is 0 Å². The van der Waals surface area contributed by atoms with Gasteiger partial charge in [0.05, 0.1) is 12.5 Å². The fourth-order valence-corrected chi connectivity index (χ4v) is 2.54. The van der Waals surface area contributed by atoms with Crippen LogP contribution in [-0.4, -0.2) is 29.2 Å². The molecule has 4 nitrogen and oxygen atoms in total. The lowest BCUT2D eigenvalue weighted by atomic mass is 9.86. The lowest BCUT2D eigenvalue weighted by Gasteiger charge is -2.32. The molecular formula is C15H21NO3. The largest absolute Gasteiger partial charge is 0.481 e. The molecule has 0 atom stereocenters. The standard InChI is InChI=1S/C15H21NO3/c1-16(19-11-12-5-3-2-4-6-12)14-9-7-13(8-10-14)15(17)18/h2-6,13-14H,7-11H2,1H3,(H,17,18)/t13-,14-. The summed E-state index contributed by atoms with van der Waals surface area (Å²) < 4.78 is 0. The second kappa shape index (κ2) is 6.68. The number of carbonyl (C=O) groups is 1. The van der Waals surface area contributed by atoms with Gasteiger partial charge >= 0.3 is 5.97 Å². The van der Waals surface area contributed by atoms with Crippen molar-refractivity contribution < 1.29 is 14.7 Å². The van der Waals surface area contributed by atoms with Crippen molar-refractivity contribution >= 4 is 5.97 Å². The summed E-state index contributed by atoms with van der Waals surface area (Å²) >= 11 is 0. The normalized spacial score (nSPS) is 23.5.